The topological polar surface area (TPSA) is 98.0 Å². The first-order valence-electron chi connectivity index (χ1n) is 10.8. The molecule has 0 N–H and O–H groups in total. The third kappa shape index (κ3) is 3.84. The molecule has 0 bridgehead atoms. The van der Waals surface area contributed by atoms with Crippen LogP contribution in [0.2, 0.25) is 0 Å². The second-order valence-electron chi connectivity index (χ2n) is 8.21. The standard InChI is InChI=1S/C24H24N4O5/c1-31-21-12-20(33-26-21)22(29)27-10-11-32-24(16-27)19(18-7-3-2-4-8-18)15-28(23(24)30)14-17-6-5-9-25-13-17/h2-9,12-13,19H,10-11,14-16H2,1H3. The van der Waals surface area contributed by atoms with E-state index < -0.39 is 5.60 Å². The van der Waals surface area contributed by atoms with Crippen molar-refractivity contribution in [2.75, 3.05) is 33.4 Å². The van der Waals surface area contributed by atoms with Gasteiger partial charge in [0.25, 0.3) is 17.7 Å². The maximum absolute atomic E-state index is 13.8. The van der Waals surface area contributed by atoms with Crippen molar-refractivity contribution in [1.29, 1.82) is 0 Å². The van der Waals surface area contributed by atoms with Crippen LogP contribution in [0.3, 0.4) is 0 Å². The Bertz CT molecular complexity index is 1140. The number of carbonyl (C=O) groups excluding carboxylic acids is 2. The highest BCUT2D eigenvalue weighted by Crippen LogP contribution is 2.42. The lowest BCUT2D eigenvalue weighted by molar-refractivity contribution is -0.160. The number of hydrogen-bond acceptors (Lipinski definition) is 7. The van der Waals surface area contributed by atoms with Crippen LogP contribution in [0.25, 0.3) is 0 Å². The van der Waals surface area contributed by atoms with Gasteiger partial charge < -0.3 is 23.8 Å². The normalized spacial score (nSPS) is 22.7. The predicted molar refractivity (Wildman–Crippen MR) is 116 cm³/mol. The summed E-state index contributed by atoms with van der Waals surface area (Å²) >= 11 is 0. The third-order valence-electron chi connectivity index (χ3n) is 6.26. The van der Waals surface area contributed by atoms with Crippen LogP contribution in [0, 0.1) is 0 Å². The van der Waals surface area contributed by atoms with Crippen molar-refractivity contribution in [2.45, 2.75) is 18.1 Å². The highest BCUT2D eigenvalue weighted by molar-refractivity contribution is 5.94. The van der Waals surface area contributed by atoms with Gasteiger partial charge in [0.15, 0.2) is 5.60 Å². The minimum Gasteiger partial charge on any atom is -0.479 e. The molecule has 3 aromatic rings. The van der Waals surface area contributed by atoms with E-state index in [1.807, 2.05) is 42.5 Å². The summed E-state index contributed by atoms with van der Waals surface area (Å²) in [6.45, 7) is 1.62. The Kier molecular flexibility index (Phi) is 5.55. The van der Waals surface area contributed by atoms with E-state index in [0.717, 1.165) is 11.1 Å². The van der Waals surface area contributed by atoms with Gasteiger partial charge in [0.1, 0.15) is 0 Å². The molecular weight excluding hydrogens is 424 g/mol. The van der Waals surface area contributed by atoms with Gasteiger partial charge in [-0.05, 0) is 22.3 Å². The van der Waals surface area contributed by atoms with Crippen molar-refractivity contribution >= 4 is 11.8 Å². The molecule has 0 saturated carbocycles. The van der Waals surface area contributed by atoms with Crippen molar-refractivity contribution in [1.82, 2.24) is 19.9 Å². The number of likely N-dealkylation sites (tertiary alicyclic amines) is 1. The van der Waals surface area contributed by atoms with Crippen LogP contribution in [-0.4, -0.2) is 70.7 Å². The Morgan fingerprint density at radius 3 is 2.82 bits per heavy atom. The number of rotatable bonds is 5. The van der Waals surface area contributed by atoms with Gasteiger partial charge >= 0.3 is 0 Å². The summed E-state index contributed by atoms with van der Waals surface area (Å²) in [7, 11) is 1.45. The number of hydrogen-bond donors (Lipinski definition) is 0. The summed E-state index contributed by atoms with van der Waals surface area (Å²) in [4.78, 5) is 34.5. The summed E-state index contributed by atoms with van der Waals surface area (Å²) in [5.41, 5.74) is 0.754. The zero-order chi connectivity index (χ0) is 22.8. The first-order chi connectivity index (χ1) is 16.1. The van der Waals surface area contributed by atoms with Crippen molar-refractivity contribution < 1.29 is 23.6 Å². The molecule has 170 valence electrons. The number of carbonyl (C=O) groups is 2. The van der Waals surface area contributed by atoms with Crippen LogP contribution < -0.4 is 4.74 Å². The first-order valence-corrected chi connectivity index (χ1v) is 10.8. The molecule has 2 fully saturated rings. The van der Waals surface area contributed by atoms with Gasteiger partial charge in [0.05, 0.1) is 26.3 Å². The quantitative estimate of drug-likeness (QED) is 0.590. The van der Waals surface area contributed by atoms with Crippen molar-refractivity contribution in [3.8, 4) is 5.88 Å². The lowest BCUT2D eigenvalue weighted by atomic mass is 9.83. The Morgan fingerprint density at radius 2 is 2.09 bits per heavy atom. The molecule has 2 aromatic heterocycles. The van der Waals surface area contributed by atoms with E-state index in [-0.39, 0.29) is 42.5 Å². The molecule has 0 radical (unpaired) electrons. The van der Waals surface area contributed by atoms with Gasteiger partial charge in [-0.1, -0.05) is 36.4 Å². The molecule has 2 unspecified atom stereocenters. The fourth-order valence-electron chi connectivity index (χ4n) is 4.65. The molecule has 1 spiro atoms. The molecule has 2 amide bonds. The number of ether oxygens (including phenoxy) is 2. The molecule has 2 atom stereocenters. The Hall–Kier alpha value is -3.72. The average Bonchev–Trinajstić information content (AvgIpc) is 3.44. The summed E-state index contributed by atoms with van der Waals surface area (Å²) in [6.07, 6.45) is 3.46. The van der Waals surface area contributed by atoms with Crippen molar-refractivity contribution in [3.63, 3.8) is 0 Å². The Balaban J connectivity index is 1.46. The zero-order valence-electron chi connectivity index (χ0n) is 18.2. The van der Waals surface area contributed by atoms with E-state index >= 15 is 0 Å². The van der Waals surface area contributed by atoms with Gasteiger partial charge in [-0.3, -0.25) is 14.6 Å². The van der Waals surface area contributed by atoms with Gasteiger partial charge in [-0.15, -0.1) is 0 Å². The molecule has 33 heavy (non-hydrogen) atoms. The lowest BCUT2D eigenvalue weighted by Gasteiger charge is -2.41. The predicted octanol–water partition coefficient (Wildman–Crippen LogP) is 2.12. The van der Waals surface area contributed by atoms with E-state index in [9.17, 15) is 9.59 Å². The number of benzene rings is 1. The van der Waals surface area contributed by atoms with E-state index in [2.05, 4.69) is 10.1 Å². The summed E-state index contributed by atoms with van der Waals surface area (Å²) in [6, 6.07) is 15.1. The molecule has 2 saturated heterocycles. The van der Waals surface area contributed by atoms with Gasteiger partial charge in [-0.25, -0.2) is 0 Å². The molecule has 4 heterocycles. The highest BCUT2D eigenvalue weighted by Gasteiger charge is 2.58. The maximum Gasteiger partial charge on any atom is 0.292 e. The van der Waals surface area contributed by atoms with E-state index in [4.69, 9.17) is 14.0 Å². The fraction of sp³-hybridized carbons (Fsp3) is 0.333. The van der Waals surface area contributed by atoms with Crippen molar-refractivity contribution in [3.05, 3.63) is 77.8 Å². The first kappa shape index (κ1) is 21.1. The zero-order valence-corrected chi connectivity index (χ0v) is 18.2. The van der Waals surface area contributed by atoms with Crippen LogP contribution >= 0.6 is 0 Å². The van der Waals surface area contributed by atoms with Gasteiger partial charge in [0.2, 0.25) is 5.76 Å². The molecule has 2 aliphatic heterocycles. The van der Waals surface area contributed by atoms with Gasteiger partial charge in [0, 0.05) is 37.9 Å². The number of methoxy groups -OCH3 is 1. The minimum atomic E-state index is -1.18. The second-order valence-corrected chi connectivity index (χ2v) is 8.21. The SMILES string of the molecule is COc1cc(C(=O)N2CCOC3(C2)C(=O)N(Cc2cccnc2)CC3c2ccccc2)on1. The molecular formula is C24H24N4O5. The molecule has 5 rings (SSSR count). The number of morpholine rings is 1. The average molecular weight is 448 g/mol. The molecule has 9 nitrogen and oxygen atoms in total. The third-order valence-corrected chi connectivity index (χ3v) is 6.26. The Morgan fingerprint density at radius 1 is 1.24 bits per heavy atom. The monoisotopic (exact) mass is 448 g/mol. The lowest BCUT2D eigenvalue weighted by Crippen LogP contribution is -2.59. The molecule has 9 heteroatoms. The van der Waals surface area contributed by atoms with Gasteiger partial charge in [-0.2, -0.15) is 0 Å². The highest BCUT2D eigenvalue weighted by atomic mass is 16.5. The van der Waals surface area contributed by atoms with Crippen LogP contribution in [0.1, 0.15) is 27.6 Å². The number of pyridine rings is 1. The second kappa shape index (κ2) is 8.67. The van der Waals surface area contributed by atoms with Crippen LogP contribution in [0.4, 0.5) is 0 Å². The fourth-order valence-corrected chi connectivity index (χ4v) is 4.65. The minimum absolute atomic E-state index is 0.0674. The largest absolute Gasteiger partial charge is 0.479 e. The Labute approximate surface area is 190 Å². The maximum atomic E-state index is 13.8. The van der Waals surface area contributed by atoms with Crippen LogP contribution in [-0.2, 0) is 16.1 Å². The van der Waals surface area contributed by atoms with Crippen LogP contribution in [0.5, 0.6) is 5.88 Å². The van der Waals surface area contributed by atoms with E-state index in [0.29, 0.717) is 19.6 Å². The summed E-state index contributed by atoms with van der Waals surface area (Å²) < 4.78 is 16.4. The number of aromatic nitrogens is 2. The van der Waals surface area contributed by atoms with Crippen molar-refractivity contribution in [2.24, 2.45) is 0 Å². The van der Waals surface area contributed by atoms with Crippen LogP contribution in [0.15, 0.2) is 65.4 Å². The van der Waals surface area contributed by atoms with E-state index in [1.165, 1.54) is 13.2 Å². The summed E-state index contributed by atoms with van der Waals surface area (Å²) in [5.74, 6) is -0.421. The molecule has 2 aliphatic rings. The van der Waals surface area contributed by atoms with E-state index in [1.54, 1.807) is 22.2 Å². The smallest absolute Gasteiger partial charge is 0.292 e. The molecule has 0 aliphatic carbocycles. The number of nitrogens with zero attached hydrogens (tertiary/aromatic N) is 4. The summed E-state index contributed by atoms with van der Waals surface area (Å²) in [5, 5.41) is 3.72. The molecule has 1 aromatic carbocycles. The number of amides is 2.